The molecule has 1 nitrogen and oxygen atoms in total. The van der Waals surface area contributed by atoms with E-state index in [2.05, 4.69) is 43.5 Å². The van der Waals surface area contributed by atoms with Crippen LogP contribution in [0.2, 0.25) is 0 Å². The second-order valence-corrected chi connectivity index (χ2v) is 8.23. The maximum atomic E-state index is 3.93. The molecule has 20 heavy (non-hydrogen) atoms. The summed E-state index contributed by atoms with van der Waals surface area (Å²) in [6.45, 7) is 7.23. The molecule has 0 aliphatic heterocycles. The highest BCUT2D eigenvalue weighted by Crippen LogP contribution is 2.35. The van der Waals surface area contributed by atoms with E-state index in [-0.39, 0.29) is 0 Å². The van der Waals surface area contributed by atoms with Gasteiger partial charge in [-0.1, -0.05) is 26.7 Å². The Labute approximate surface area is 128 Å². The van der Waals surface area contributed by atoms with E-state index in [9.17, 15) is 0 Å². The number of hydrogen-bond donors (Lipinski definition) is 1. The Balaban J connectivity index is 1.66. The summed E-state index contributed by atoms with van der Waals surface area (Å²) in [7, 11) is 0. The molecule has 1 aromatic heterocycles. The average molecular weight is 292 g/mol. The molecule has 1 aromatic rings. The number of fused-ring (bicyclic) bond motifs is 1. The number of thiophene rings is 1. The van der Waals surface area contributed by atoms with Crippen molar-refractivity contribution >= 4 is 11.3 Å². The first-order valence-electron chi connectivity index (χ1n) is 8.52. The number of aryl methyl sites for hydroxylation is 2. The van der Waals surface area contributed by atoms with Crippen LogP contribution in [0.5, 0.6) is 0 Å². The first-order valence-corrected chi connectivity index (χ1v) is 9.34. The fourth-order valence-corrected chi connectivity index (χ4v) is 5.22. The number of rotatable bonds is 3. The molecular weight excluding hydrogens is 262 g/mol. The highest BCUT2D eigenvalue weighted by Gasteiger charge is 2.28. The molecule has 0 amide bonds. The Bertz CT molecular complexity index is 427. The van der Waals surface area contributed by atoms with Crippen LogP contribution < -0.4 is 5.32 Å². The van der Waals surface area contributed by atoms with Gasteiger partial charge < -0.3 is 5.32 Å². The van der Waals surface area contributed by atoms with Gasteiger partial charge in [0.2, 0.25) is 0 Å². The Morgan fingerprint density at radius 1 is 1.15 bits per heavy atom. The van der Waals surface area contributed by atoms with Gasteiger partial charge in [-0.05, 0) is 62.5 Å². The van der Waals surface area contributed by atoms with Crippen molar-refractivity contribution in [2.75, 3.05) is 0 Å². The molecule has 4 unspecified atom stereocenters. The zero-order chi connectivity index (χ0) is 14.1. The van der Waals surface area contributed by atoms with E-state index >= 15 is 0 Å². The smallest absolute Gasteiger partial charge is 0.0388 e. The lowest BCUT2D eigenvalue weighted by Crippen LogP contribution is -2.41. The third kappa shape index (κ3) is 2.96. The topological polar surface area (TPSA) is 12.0 Å². The summed E-state index contributed by atoms with van der Waals surface area (Å²) in [6.07, 6.45) is 9.60. The molecule has 1 saturated carbocycles. The minimum Gasteiger partial charge on any atom is -0.306 e. The summed E-state index contributed by atoms with van der Waals surface area (Å²) < 4.78 is 0. The molecule has 2 aliphatic rings. The van der Waals surface area contributed by atoms with E-state index in [1.165, 1.54) is 44.9 Å². The molecule has 0 aromatic carbocycles. The van der Waals surface area contributed by atoms with Crippen molar-refractivity contribution in [3.05, 3.63) is 21.4 Å². The Kier molecular flexibility index (Phi) is 4.52. The van der Waals surface area contributed by atoms with E-state index in [4.69, 9.17) is 0 Å². The summed E-state index contributed by atoms with van der Waals surface area (Å²) >= 11 is 2.07. The van der Waals surface area contributed by atoms with Crippen LogP contribution in [0.1, 0.15) is 74.2 Å². The van der Waals surface area contributed by atoms with E-state index in [0.29, 0.717) is 12.1 Å². The Morgan fingerprint density at radius 2 is 1.95 bits per heavy atom. The van der Waals surface area contributed by atoms with Crippen LogP contribution in [-0.4, -0.2) is 6.04 Å². The van der Waals surface area contributed by atoms with Gasteiger partial charge in [-0.25, -0.2) is 0 Å². The third-order valence-electron chi connectivity index (χ3n) is 5.61. The minimum atomic E-state index is 0.531. The Hall–Kier alpha value is -0.340. The van der Waals surface area contributed by atoms with Gasteiger partial charge in [-0.3, -0.25) is 0 Å². The van der Waals surface area contributed by atoms with Crippen LogP contribution in [0.25, 0.3) is 0 Å². The van der Waals surface area contributed by atoms with Crippen molar-refractivity contribution in [3.63, 3.8) is 0 Å². The van der Waals surface area contributed by atoms with Gasteiger partial charge >= 0.3 is 0 Å². The molecule has 3 rings (SSSR count). The second-order valence-electron chi connectivity index (χ2n) is 7.07. The zero-order valence-electron chi connectivity index (χ0n) is 13.2. The summed E-state index contributed by atoms with van der Waals surface area (Å²) in [5, 5.41) is 3.93. The monoisotopic (exact) mass is 291 g/mol. The molecule has 2 heteroatoms. The van der Waals surface area contributed by atoms with Gasteiger partial charge in [0.05, 0.1) is 0 Å². The highest BCUT2D eigenvalue weighted by atomic mass is 32.1. The second kappa shape index (κ2) is 6.19. The van der Waals surface area contributed by atoms with Crippen LogP contribution >= 0.6 is 11.3 Å². The lowest BCUT2D eigenvalue weighted by molar-refractivity contribution is 0.197. The third-order valence-corrected chi connectivity index (χ3v) is 7.03. The van der Waals surface area contributed by atoms with Crippen molar-refractivity contribution in [2.45, 2.75) is 77.8 Å². The van der Waals surface area contributed by atoms with Gasteiger partial charge in [-0.15, -0.1) is 11.3 Å². The minimum absolute atomic E-state index is 0.531. The molecule has 0 bridgehead atoms. The summed E-state index contributed by atoms with van der Waals surface area (Å²) in [6, 6.07) is 3.74. The van der Waals surface area contributed by atoms with Crippen molar-refractivity contribution in [3.8, 4) is 0 Å². The molecule has 1 heterocycles. The molecule has 0 radical (unpaired) electrons. The SMILES string of the molecule is CC(NC1CCCC(C)C1C)c1cc2c(s1)CCCC2. The fraction of sp³-hybridized carbons (Fsp3) is 0.778. The van der Waals surface area contributed by atoms with Crippen LogP contribution in [-0.2, 0) is 12.8 Å². The maximum Gasteiger partial charge on any atom is 0.0388 e. The van der Waals surface area contributed by atoms with Crippen molar-refractivity contribution < 1.29 is 0 Å². The number of hydrogen-bond acceptors (Lipinski definition) is 2. The predicted molar refractivity (Wildman–Crippen MR) is 88.5 cm³/mol. The first-order chi connectivity index (χ1) is 9.65. The van der Waals surface area contributed by atoms with Gasteiger partial charge in [0.1, 0.15) is 0 Å². The summed E-state index contributed by atoms with van der Waals surface area (Å²) in [5.41, 5.74) is 1.65. The fourth-order valence-electron chi connectivity index (χ4n) is 3.95. The van der Waals surface area contributed by atoms with Crippen LogP contribution in [0.4, 0.5) is 0 Å². The van der Waals surface area contributed by atoms with Crippen LogP contribution in [0, 0.1) is 11.8 Å². The average Bonchev–Trinajstić information content (AvgIpc) is 2.88. The van der Waals surface area contributed by atoms with Crippen molar-refractivity contribution in [1.82, 2.24) is 5.32 Å². The standard InChI is InChI=1S/C18H29NS/c1-12-7-6-9-16(13(12)2)19-14(3)18-11-15-8-4-5-10-17(15)20-18/h11-14,16,19H,4-10H2,1-3H3. The largest absolute Gasteiger partial charge is 0.306 e. The summed E-state index contributed by atoms with van der Waals surface area (Å²) in [4.78, 5) is 3.24. The lowest BCUT2D eigenvalue weighted by atomic mass is 9.78. The van der Waals surface area contributed by atoms with Gasteiger partial charge in [0.25, 0.3) is 0 Å². The number of nitrogens with one attached hydrogen (secondary N) is 1. The molecule has 4 atom stereocenters. The van der Waals surface area contributed by atoms with Gasteiger partial charge in [0, 0.05) is 21.8 Å². The van der Waals surface area contributed by atoms with Crippen molar-refractivity contribution in [2.24, 2.45) is 11.8 Å². The quantitative estimate of drug-likeness (QED) is 0.816. The maximum absolute atomic E-state index is 3.93. The normalized spacial score (nSPS) is 31.9. The van der Waals surface area contributed by atoms with Crippen LogP contribution in [0.15, 0.2) is 6.07 Å². The first kappa shape index (κ1) is 14.6. The molecule has 2 aliphatic carbocycles. The van der Waals surface area contributed by atoms with Gasteiger partial charge in [0.15, 0.2) is 0 Å². The molecule has 1 fully saturated rings. The highest BCUT2D eigenvalue weighted by molar-refractivity contribution is 7.12. The molecule has 112 valence electrons. The van der Waals surface area contributed by atoms with Crippen LogP contribution in [0.3, 0.4) is 0 Å². The molecule has 1 N–H and O–H groups in total. The van der Waals surface area contributed by atoms with E-state index in [1.54, 1.807) is 15.3 Å². The summed E-state index contributed by atoms with van der Waals surface area (Å²) in [5.74, 6) is 1.70. The predicted octanol–water partition coefficient (Wildman–Crippen LogP) is 5.10. The lowest BCUT2D eigenvalue weighted by Gasteiger charge is -2.36. The molecular formula is C18H29NS. The zero-order valence-corrected chi connectivity index (χ0v) is 14.1. The molecule has 0 saturated heterocycles. The van der Waals surface area contributed by atoms with E-state index < -0.39 is 0 Å². The Morgan fingerprint density at radius 3 is 2.75 bits per heavy atom. The van der Waals surface area contributed by atoms with E-state index in [1.807, 2.05) is 0 Å². The van der Waals surface area contributed by atoms with Crippen molar-refractivity contribution in [1.29, 1.82) is 0 Å². The molecule has 0 spiro atoms. The van der Waals surface area contributed by atoms with E-state index in [0.717, 1.165) is 11.8 Å². The van der Waals surface area contributed by atoms with Gasteiger partial charge in [-0.2, -0.15) is 0 Å².